The highest BCUT2D eigenvalue weighted by molar-refractivity contribution is 6.99. The number of aliphatic hydroxyl groups is 1. The summed E-state index contributed by atoms with van der Waals surface area (Å²) in [6.07, 6.45) is 5.00. The fraction of sp³-hybridized carbons (Fsp3) is 0.520. The zero-order valence-corrected chi connectivity index (χ0v) is 18.5. The second kappa shape index (κ2) is 7.44. The summed E-state index contributed by atoms with van der Waals surface area (Å²) in [6.45, 7) is 8.27. The minimum absolute atomic E-state index is 0.0512. The van der Waals surface area contributed by atoms with Crippen molar-refractivity contribution < 1.29 is 9.53 Å². The van der Waals surface area contributed by atoms with Gasteiger partial charge in [-0.3, -0.25) is 0 Å². The van der Waals surface area contributed by atoms with E-state index in [1.165, 1.54) is 36.1 Å². The van der Waals surface area contributed by atoms with Gasteiger partial charge >= 0.3 is 0 Å². The molecule has 4 rings (SSSR count). The Hall–Kier alpha value is -1.42. The first kappa shape index (κ1) is 19.9. The summed E-state index contributed by atoms with van der Waals surface area (Å²) in [5.41, 5.74) is 0.535. The van der Waals surface area contributed by atoms with Crippen LogP contribution in [0.1, 0.15) is 46.5 Å². The van der Waals surface area contributed by atoms with Crippen molar-refractivity contribution in [1.82, 2.24) is 0 Å². The van der Waals surface area contributed by atoms with Crippen LogP contribution in [0.2, 0.25) is 5.04 Å². The normalized spacial score (nSPS) is 27.3. The minimum Gasteiger partial charge on any atom is -0.407 e. The van der Waals surface area contributed by atoms with E-state index in [0.29, 0.717) is 23.9 Å². The van der Waals surface area contributed by atoms with Gasteiger partial charge in [0.15, 0.2) is 0 Å². The molecule has 1 spiro atoms. The molecule has 150 valence electrons. The average Bonchev–Trinajstić information content (AvgIpc) is 2.63. The molecule has 3 heteroatoms. The van der Waals surface area contributed by atoms with E-state index in [-0.39, 0.29) is 5.04 Å². The fourth-order valence-electron chi connectivity index (χ4n) is 5.91. The van der Waals surface area contributed by atoms with E-state index < -0.39 is 8.32 Å². The van der Waals surface area contributed by atoms with Crippen LogP contribution in [0.25, 0.3) is 0 Å². The first-order chi connectivity index (χ1) is 13.4. The number of hydrogen-bond acceptors (Lipinski definition) is 2. The Morgan fingerprint density at radius 3 is 1.75 bits per heavy atom. The fourth-order valence-corrected chi connectivity index (χ4v) is 10.6. The van der Waals surface area contributed by atoms with Gasteiger partial charge in [-0.2, -0.15) is 0 Å². The van der Waals surface area contributed by atoms with Gasteiger partial charge in [-0.25, -0.2) is 0 Å². The topological polar surface area (TPSA) is 29.5 Å². The summed E-state index contributed by atoms with van der Waals surface area (Å²) >= 11 is 0. The van der Waals surface area contributed by atoms with Gasteiger partial charge in [0.25, 0.3) is 8.32 Å². The van der Waals surface area contributed by atoms with E-state index in [1.807, 2.05) is 0 Å². The number of aliphatic hydroxyl groups excluding tert-OH is 1. The van der Waals surface area contributed by atoms with Crippen molar-refractivity contribution in [3.05, 3.63) is 60.7 Å². The number of benzene rings is 2. The molecule has 28 heavy (non-hydrogen) atoms. The van der Waals surface area contributed by atoms with Crippen LogP contribution >= 0.6 is 0 Å². The molecule has 0 atom stereocenters. The van der Waals surface area contributed by atoms with E-state index in [0.717, 1.165) is 6.61 Å². The van der Waals surface area contributed by atoms with Gasteiger partial charge in [0.1, 0.15) is 0 Å². The van der Waals surface area contributed by atoms with Crippen molar-refractivity contribution in [2.45, 2.75) is 51.5 Å². The minimum atomic E-state index is -2.39. The summed E-state index contributed by atoms with van der Waals surface area (Å²) < 4.78 is 7.07. The Morgan fingerprint density at radius 1 is 0.857 bits per heavy atom. The summed E-state index contributed by atoms with van der Waals surface area (Å²) in [4.78, 5) is 0. The van der Waals surface area contributed by atoms with Gasteiger partial charge in [0.05, 0.1) is 0 Å². The molecule has 2 fully saturated rings. The first-order valence-electron chi connectivity index (χ1n) is 10.7. The predicted molar refractivity (Wildman–Crippen MR) is 119 cm³/mol. The summed E-state index contributed by atoms with van der Waals surface area (Å²) in [5.74, 6) is 1.22. The number of hydrogen-bond donors (Lipinski definition) is 1. The quantitative estimate of drug-likeness (QED) is 0.738. The van der Waals surface area contributed by atoms with Crippen molar-refractivity contribution in [2.75, 3.05) is 13.2 Å². The molecule has 2 aliphatic rings. The molecule has 2 nitrogen and oxygen atoms in total. The van der Waals surface area contributed by atoms with Gasteiger partial charge < -0.3 is 9.53 Å². The van der Waals surface area contributed by atoms with Crippen LogP contribution in [0.3, 0.4) is 0 Å². The molecule has 0 aromatic heterocycles. The van der Waals surface area contributed by atoms with E-state index in [1.54, 1.807) is 0 Å². The van der Waals surface area contributed by atoms with Crippen LogP contribution < -0.4 is 10.4 Å². The van der Waals surface area contributed by atoms with Crippen molar-refractivity contribution in [3.8, 4) is 0 Å². The van der Waals surface area contributed by atoms with E-state index in [4.69, 9.17) is 4.43 Å². The van der Waals surface area contributed by atoms with Gasteiger partial charge in [-0.05, 0) is 58.3 Å². The molecule has 0 heterocycles. The molecule has 0 aliphatic heterocycles. The Kier molecular flexibility index (Phi) is 5.28. The van der Waals surface area contributed by atoms with Crippen LogP contribution in [0, 0.1) is 17.3 Å². The highest BCUT2D eigenvalue weighted by atomic mass is 28.4. The van der Waals surface area contributed by atoms with E-state index >= 15 is 0 Å². The molecule has 2 aromatic carbocycles. The third-order valence-corrected chi connectivity index (χ3v) is 12.1. The maximum atomic E-state index is 9.34. The SMILES string of the molecule is CC(C)(C)[Si](OCC1CC2(CC(CO)C2)C1)(c1ccccc1)c1ccccc1. The molecule has 0 unspecified atom stereocenters. The van der Waals surface area contributed by atoms with Crippen molar-refractivity contribution in [1.29, 1.82) is 0 Å². The summed E-state index contributed by atoms with van der Waals surface area (Å²) in [5, 5.41) is 12.1. The van der Waals surface area contributed by atoms with Crippen LogP contribution in [0.15, 0.2) is 60.7 Å². The monoisotopic (exact) mass is 394 g/mol. The zero-order chi connectivity index (χ0) is 19.8. The molecule has 0 saturated heterocycles. The van der Waals surface area contributed by atoms with Gasteiger partial charge in [0.2, 0.25) is 0 Å². The lowest BCUT2D eigenvalue weighted by atomic mass is 9.48. The lowest BCUT2D eigenvalue weighted by Gasteiger charge is -2.58. The third kappa shape index (κ3) is 3.38. The van der Waals surface area contributed by atoms with E-state index in [9.17, 15) is 5.11 Å². The lowest BCUT2D eigenvalue weighted by molar-refractivity contribution is -0.0937. The van der Waals surface area contributed by atoms with Gasteiger partial charge in [-0.1, -0.05) is 81.4 Å². The molecule has 1 N–H and O–H groups in total. The predicted octanol–water partition coefficient (Wildman–Crippen LogP) is 4.36. The maximum absolute atomic E-state index is 9.34. The van der Waals surface area contributed by atoms with Crippen molar-refractivity contribution in [2.24, 2.45) is 17.3 Å². The molecule has 0 amide bonds. The van der Waals surface area contributed by atoms with Crippen molar-refractivity contribution in [3.63, 3.8) is 0 Å². The van der Waals surface area contributed by atoms with Gasteiger partial charge in [0, 0.05) is 13.2 Å². The summed E-state index contributed by atoms with van der Waals surface area (Å²) in [7, 11) is -2.39. The zero-order valence-electron chi connectivity index (χ0n) is 17.5. The first-order valence-corrected chi connectivity index (χ1v) is 12.7. The standard InChI is InChI=1S/C25H34O2Si/c1-24(2,3)28(22-10-6-4-7-11-22,23-12-8-5-9-13-23)27-19-21-16-25(17-21)14-20(15-25)18-26/h4-13,20-21,26H,14-19H2,1-3H3. The second-order valence-corrected chi connectivity index (χ2v) is 14.5. The Balaban J connectivity index is 1.58. The smallest absolute Gasteiger partial charge is 0.261 e. The molecule has 2 saturated carbocycles. The van der Waals surface area contributed by atoms with Crippen LogP contribution in [-0.4, -0.2) is 26.6 Å². The van der Waals surface area contributed by atoms with Gasteiger partial charge in [-0.15, -0.1) is 0 Å². The average molecular weight is 395 g/mol. The molecule has 2 aliphatic carbocycles. The molecule has 0 bridgehead atoms. The molecule has 0 radical (unpaired) electrons. The second-order valence-electron chi connectivity index (χ2n) is 10.2. The summed E-state index contributed by atoms with van der Waals surface area (Å²) in [6, 6.07) is 21.9. The maximum Gasteiger partial charge on any atom is 0.261 e. The van der Waals surface area contributed by atoms with Crippen molar-refractivity contribution >= 4 is 18.7 Å². The highest BCUT2D eigenvalue weighted by Gasteiger charge is 2.54. The van der Waals surface area contributed by atoms with Crippen LogP contribution in [-0.2, 0) is 4.43 Å². The Labute approximate surface area is 171 Å². The third-order valence-electron chi connectivity index (χ3n) is 7.10. The molecular weight excluding hydrogens is 360 g/mol. The number of rotatable bonds is 6. The Bertz CT molecular complexity index is 728. The Morgan fingerprint density at radius 2 is 1.32 bits per heavy atom. The van der Waals surface area contributed by atoms with Crippen LogP contribution in [0.4, 0.5) is 0 Å². The lowest BCUT2D eigenvalue weighted by Crippen LogP contribution is -2.67. The van der Waals surface area contributed by atoms with E-state index in [2.05, 4.69) is 81.4 Å². The largest absolute Gasteiger partial charge is 0.407 e. The molecule has 2 aromatic rings. The van der Waals surface area contributed by atoms with Crippen LogP contribution in [0.5, 0.6) is 0 Å². The highest BCUT2D eigenvalue weighted by Crippen LogP contribution is 2.61. The molecular formula is C25H34O2Si.